The first kappa shape index (κ1) is 28.5. The third-order valence-electron chi connectivity index (χ3n) is 8.03. The molecule has 0 bridgehead atoms. The number of likely N-dealkylation sites (tertiary alicyclic amines) is 1. The molecule has 4 heterocycles. The van der Waals surface area contributed by atoms with Crippen LogP contribution in [0.4, 0.5) is 5.82 Å². The van der Waals surface area contributed by atoms with E-state index in [4.69, 9.17) is 15.2 Å². The molecule has 0 atom stereocenters. The van der Waals surface area contributed by atoms with Crippen LogP contribution in [0.3, 0.4) is 0 Å². The van der Waals surface area contributed by atoms with Gasteiger partial charge >= 0.3 is 6.10 Å². The summed E-state index contributed by atoms with van der Waals surface area (Å²) in [6.45, 7) is 2.72. The highest BCUT2D eigenvalue weighted by Crippen LogP contribution is 2.33. The second-order valence-electron chi connectivity index (χ2n) is 11.1. The molecule has 7 rings (SSSR count). The van der Waals surface area contributed by atoms with Gasteiger partial charge in [0, 0.05) is 43.0 Å². The zero-order valence-electron chi connectivity index (χ0n) is 24.1. The van der Waals surface area contributed by atoms with Crippen molar-refractivity contribution in [3.63, 3.8) is 0 Å². The first-order valence-electron chi connectivity index (χ1n) is 14.6. The van der Waals surface area contributed by atoms with Crippen molar-refractivity contribution in [3.05, 3.63) is 96.7 Å². The first-order valence-corrected chi connectivity index (χ1v) is 14.6. The molecule has 0 saturated carbocycles. The Morgan fingerprint density at radius 3 is 2.20 bits per heavy atom. The van der Waals surface area contributed by atoms with E-state index in [0.717, 1.165) is 60.2 Å². The van der Waals surface area contributed by atoms with E-state index in [2.05, 4.69) is 49.4 Å². The fraction of sp³-hybridized carbons (Fsp3) is 0.212. The number of nitrogens with one attached hydrogen (secondary N) is 1. The van der Waals surface area contributed by atoms with E-state index in [1.54, 1.807) is 24.4 Å². The van der Waals surface area contributed by atoms with Crippen LogP contribution in [-0.2, 0) is 12.6 Å². The van der Waals surface area contributed by atoms with Gasteiger partial charge in [-0.3, -0.25) is 9.47 Å². The number of benzene rings is 3. The average molecular weight is 600 g/mol. The zero-order chi connectivity index (χ0) is 31.0. The highest BCUT2D eigenvalue weighted by atomic mass is 16.7. The molecule has 1 aliphatic rings. The van der Waals surface area contributed by atoms with Gasteiger partial charge in [-0.2, -0.15) is 5.26 Å². The van der Waals surface area contributed by atoms with E-state index >= 15 is 0 Å². The van der Waals surface area contributed by atoms with Gasteiger partial charge in [0.05, 0.1) is 33.5 Å². The van der Waals surface area contributed by atoms with Gasteiger partial charge in [-0.1, -0.05) is 54.6 Å². The molecule has 0 radical (unpaired) electrons. The molecular weight excluding hydrogens is 570 g/mol. The molecule has 3 aromatic heterocycles. The maximum atomic E-state index is 9.76. The zero-order valence-corrected chi connectivity index (χ0v) is 24.1. The molecule has 0 spiro atoms. The molecule has 6 aromatic rings. The predicted octanol–water partition coefficient (Wildman–Crippen LogP) is 3.60. The molecule has 12 heteroatoms. The number of piperidine rings is 1. The predicted molar refractivity (Wildman–Crippen MR) is 167 cm³/mol. The molecule has 1 aliphatic heterocycles. The van der Waals surface area contributed by atoms with E-state index in [-0.39, 0.29) is 5.82 Å². The Morgan fingerprint density at radius 1 is 0.822 bits per heavy atom. The number of aromatic nitrogens is 6. The number of hydrogen-bond acceptors (Lipinski definition) is 11. The van der Waals surface area contributed by atoms with Gasteiger partial charge in [-0.15, -0.1) is 0 Å². The molecule has 224 valence electrons. The van der Waals surface area contributed by atoms with Gasteiger partial charge in [-0.25, -0.2) is 24.9 Å². The number of hydrogen-bond donors (Lipinski definition) is 4. The molecule has 4 N–H and O–H groups in total. The molecule has 1 saturated heterocycles. The number of imidazole rings is 1. The van der Waals surface area contributed by atoms with Crippen molar-refractivity contribution >= 4 is 27.9 Å². The van der Waals surface area contributed by atoms with Gasteiger partial charge in [0.1, 0.15) is 18.2 Å². The van der Waals surface area contributed by atoms with Crippen molar-refractivity contribution < 1.29 is 15.3 Å². The van der Waals surface area contributed by atoms with Gasteiger partial charge in [0.2, 0.25) is 5.82 Å². The van der Waals surface area contributed by atoms with Crippen LogP contribution >= 0.6 is 0 Å². The summed E-state index contributed by atoms with van der Waals surface area (Å²) < 4.78 is 0.862. The molecular formula is C33H29N9O3. The molecule has 45 heavy (non-hydrogen) atoms. The first-order chi connectivity index (χ1) is 21.8. The maximum Gasteiger partial charge on any atom is 0.374 e. The summed E-state index contributed by atoms with van der Waals surface area (Å²) >= 11 is 0. The quantitative estimate of drug-likeness (QED) is 0.198. The van der Waals surface area contributed by atoms with E-state index in [1.165, 1.54) is 5.56 Å². The van der Waals surface area contributed by atoms with Crippen molar-refractivity contribution in [2.75, 3.05) is 18.4 Å². The summed E-state index contributed by atoms with van der Waals surface area (Å²) in [6, 6.07) is 25.6. The van der Waals surface area contributed by atoms with Crippen molar-refractivity contribution in [3.8, 4) is 28.6 Å². The topological polar surface area (TPSA) is 169 Å². The van der Waals surface area contributed by atoms with E-state index in [1.807, 2.05) is 36.4 Å². The highest BCUT2D eigenvalue weighted by molar-refractivity contribution is 5.94. The standard InChI is InChI=1S/C33H29N9O3/c34-18-30-35-13-10-29(40-30)37-24-11-14-41(15-12-24)19-21-6-8-23(9-7-21)32-31(22-4-2-1-3-5-22)39-26-17-28-27(16-25(26)38-32)36-20-42(28)33(43,44)45/h1-10,13,16-17,20,24,43-45H,11-12,14-15,19H2,(H,35,37,40). The number of anilines is 1. The smallest absolute Gasteiger partial charge is 0.367 e. The minimum absolute atomic E-state index is 0.166. The Kier molecular flexibility index (Phi) is 7.36. The van der Waals surface area contributed by atoms with Crippen molar-refractivity contribution in [1.82, 2.24) is 34.4 Å². The van der Waals surface area contributed by atoms with Crippen LogP contribution in [0.25, 0.3) is 44.6 Å². The molecule has 12 nitrogen and oxygen atoms in total. The van der Waals surface area contributed by atoms with Crippen LogP contribution in [0.1, 0.15) is 24.2 Å². The molecule has 3 aromatic carbocycles. The lowest BCUT2D eigenvalue weighted by Crippen LogP contribution is -2.38. The van der Waals surface area contributed by atoms with E-state index in [0.29, 0.717) is 39.6 Å². The molecule has 0 unspecified atom stereocenters. The lowest BCUT2D eigenvalue weighted by molar-refractivity contribution is -0.373. The van der Waals surface area contributed by atoms with E-state index in [9.17, 15) is 15.3 Å². The van der Waals surface area contributed by atoms with Crippen LogP contribution in [0.2, 0.25) is 0 Å². The van der Waals surface area contributed by atoms with Crippen molar-refractivity contribution in [2.45, 2.75) is 31.5 Å². The Labute approximate surface area is 257 Å². The fourth-order valence-electron chi connectivity index (χ4n) is 5.76. The van der Waals surface area contributed by atoms with Gasteiger partial charge in [0.25, 0.3) is 0 Å². The van der Waals surface area contributed by atoms with E-state index < -0.39 is 6.10 Å². The Hall–Kier alpha value is -5.32. The lowest BCUT2D eigenvalue weighted by Gasteiger charge is -2.32. The van der Waals surface area contributed by atoms with Gasteiger partial charge < -0.3 is 20.6 Å². The Bertz CT molecular complexity index is 2030. The Morgan fingerprint density at radius 2 is 1.51 bits per heavy atom. The molecule has 0 aliphatic carbocycles. The number of nitrogens with zero attached hydrogens (tertiary/aromatic N) is 8. The van der Waals surface area contributed by atoms with Gasteiger partial charge in [0.15, 0.2) is 0 Å². The van der Waals surface area contributed by atoms with Crippen LogP contribution < -0.4 is 5.32 Å². The Balaban J connectivity index is 1.12. The second-order valence-corrected chi connectivity index (χ2v) is 11.1. The molecule has 0 amide bonds. The van der Waals surface area contributed by atoms with Crippen LogP contribution in [-0.4, -0.2) is 68.8 Å². The van der Waals surface area contributed by atoms with Crippen molar-refractivity contribution in [2.24, 2.45) is 0 Å². The third kappa shape index (κ3) is 5.93. The summed E-state index contributed by atoms with van der Waals surface area (Å²) in [5.74, 6) is 0.851. The largest absolute Gasteiger partial charge is 0.374 e. The second kappa shape index (κ2) is 11.6. The monoisotopic (exact) mass is 599 g/mol. The lowest BCUT2D eigenvalue weighted by atomic mass is 10.0. The van der Waals surface area contributed by atoms with Crippen LogP contribution in [0.5, 0.6) is 0 Å². The number of rotatable bonds is 7. The summed E-state index contributed by atoms with van der Waals surface area (Å²) in [5, 5.41) is 41.8. The number of fused-ring (bicyclic) bond motifs is 2. The van der Waals surface area contributed by atoms with Gasteiger partial charge in [-0.05, 0) is 36.6 Å². The normalized spacial score (nSPS) is 14.5. The summed E-state index contributed by atoms with van der Waals surface area (Å²) in [7, 11) is 0. The summed E-state index contributed by atoms with van der Waals surface area (Å²) in [4.78, 5) is 24.8. The fourth-order valence-corrected chi connectivity index (χ4v) is 5.76. The number of nitriles is 1. The SMILES string of the molecule is N#Cc1nccc(NC2CCN(Cc3ccc(-c4nc5cc6ncn(C(O)(O)O)c6cc5nc4-c4ccccc4)cc3)CC2)n1. The van der Waals surface area contributed by atoms with Crippen LogP contribution in [0, 0.1) is 11.3 Å². The molecule has 1 fully saturated rings. The maximum absolute atomic E-state index is 9.76. The van der Waals surface area contributed by atoms with Crippen molar-refractivity contribution in [1.29, 1.82) is 5.26 Å². The number of aliphatic hydroxyl groups is 3. The van der Waals surface area contributed by atoms with Crippen LogP contribution in [0.15, 0.2) is 85.3 Å². The summed E-state index contributed by atoms with van der Waals surface area (Å²) in [6.07, 6.45) is 1.61. The summed E-state index contributed by atoms with van der Waals surface area (Å²) in [5.41, 5.74) is 6.27. The highest BCUT2D eigenvalue weighted by Gasteiger charge is 2.25. The third-order valence-corrected chi connectivity index (χ3v) is 8.03. The minimum Gasteiger partial charge on any atom is -0.367 e. The average Bonchev–Trinajstić information content (AvgIpc) is 3.48. The minimum atomic E-state index is -3.09.